The smallest absolute Gasteiger partial charge is 0.550 e. The second-order valence-electron chi connectivity index (χ2n) is 5.92. The minimum absolute atomic E-state index is 0. The number of carboxylic acid groups (broad SMARTS) is 1. The van der Waals surface area contributed by atoms with Gasteiger partial charge in [0, 0.05) is 19.1 Å². The van der Waals surface area contributed by atoms with Crippen molar-refractivity contribution in [1.29, 1.82) is 0 Å². The van der Waals surface area contributed by atoms with E-state index in [2.05, 4.69) is 12.2 Å². The fraction of sp³-hybridized carbons (Fsp3) is 0.944. The zero-order valence-electron chi connectivity index (χ0n) is 16.0. The second kappa shape index (κ2) is 27.2. The molecule has 0 atom stereocenters. The Balaban J connectivity index is -0.000000712. The number of carboxylic acids is 1. The number of carbonyl (C=O) groups is 1. The number of aliphatic carboxylic acids is 1. The summed E-state index contributed by atoms with van der Waals surface area (Å²) < 4.78 is 0. The van der Waals surface area contributed by atoms with Crippen LogP contribution < -0.4 is 45.7 Å². The summed E-state index contributed by atoms with van der Waals surface area (Å²) >= 11 is 0. The average molecular weight is 339 g/mol. The molecular formula is C18H39N2NaO2. The Kier molecular flexibility index (Phi) is 33.4. The van der Waals surface area contributed by atoms with Crippen molar-refractivity contribution in [3.8, 4) is 0 Å². The predicted octanol–water partition coefficient (Wildman–Crippen LogP) is -0.00400. The third-order valence-electron chi connectivity index (χ3n) is 3.53. The Morgan fingerprint density at radius 2 is 1.17 bits per heavy atom. The summed E-state index contributed by atoms with van der Waals surface area (Å²) in [5, 5.41) is 12.2. The molecular weight excluding hydrogens is 299 g/mol. The summed E-state index contributed by atoms with van der Waals surface area (Å²) in [5.41, 5.74) is 5.41. The number of hydrogen-bond donors (Lipinski definition) is 2. The second-order valence-corrected chi connectivity index (χ2v) is 5.92. The van der Waals surface area contributed by atoms with Crippen LogP contribution in [-0.2, 0) is 4.79 Å². The van der Waals surface area contributed by atoms with Crippen molar-refractivity contribution in [3.05, 3.63) is 0 Å². The summed E-state index contributed by atoms with van der Waals surface area (Å²) in [7, 11) is 0. The van der Waals surface area contributed by atoms with Gasteiger partial charge in [-0.3, -0.25) is 0 Å². The first-order valence-electron chi connectivity index (χ1n) is 9.23. The maximum absolute atomic E-state index is 8.89. The Morgan fingerprint density at radius 1 is 0.826 bits per heavy atom. The van der Waals surface area contributed by atoms with Crippen LogP contribution in [0, 0.1) is 0 Å². The molecule has 0 saturated carbocycles. The first-order valence-corrected chi connectivity index (χ1v) is 9.23. The first kappa shape index (κ1) is 28.2. The van der Waals surface area contributed by atoms with Gasteiger partial charge in [0.15, 0.2) is 0 Å². The van der Waals surface area contributed by atoms with Crippen molar-refractivity contribution in [2.45, 2.75) is 90.9 Å². The fourth-order valence-electron chi connectivity index (χ4n) is 2.32. The molecule has 3 N–H and O–H groups in total. The van der Waals surface area contributed by atoms with Crippen molar-refractivity contribution in [2.75, 3.05) is 19.6 Å². The zero-order chi connectivity index (χ0) is 16.9. The van der Waals surface area contributed by atoms with Gasteiger partial charge in [0.25, 0.3) is 0 Å². The van der Waals surface area contributed by atoms with Crippen molar-refractivity contribution >= 4 is 5.97 Å². The molecule has 4 nitrogen and oxygen atoms in total. The molecule has 0 aromatic rings. The molecule has 0 aliphatic heterocycles. The SMILES string of the molecule is CC(=O)[O-].CCCCCCCCCCCCCCNCCN.[Na+]. The van der Waals surface area contributed by atoms with E-state index in [0.29, 0.717) is 0 Å². The van der Waals surface area contributed by atoms with Crippen LogP contribution in [0.15, 0.2) is 0 Å². The van der Waals surface area contributed by atoms with E-state index in [9.17, 15) is 0 Å². The van der Waals surface area contributed by atoms with E-state index in [1.807, 2.05) is 0 Å². The van der Waals surface area contributed by atoms with Crippen LogP contribution in [-0.4, -0.2) is 25.6 Å². The van der Waals surface area contributed by atoms with Crippen LogP contribution >= 0.6 is 0 Å². The monoisotopic (exact) mass is 338 g/mol. The van der Waals surface area contributed by atoms with Gasteiger partial charge in [0.2, 0.25) is 0 Å². The fourth-order valence-corrected chi connectivity index (χ4v) is 2.32. The van der Waals surface area contributed by atoms with E-state index >= 15 is 0 Å². The van der Waals surface area contributed by atoms with Crippen LogP contribution in [0.25, 0.3) is 0 Å². The summed E-state index contributed by atoms with van der Waals surface area (Å²) in [6.07, 6.45) is 17.1. The van der Waals surface area contributed by atoms with Crippen molar-refractivity contribution in [1.82, 2.24) is 5.32 Å². The topological polar surface area (TPSA) is 78.2 Å². The molecule has 0 aliphatic rings. The molecule has 23 heavy (non-hydrogen) atoms. The Hall–Kier alpha value is 0.390. The summed E-state index contributed by atoms with van der Waals surface area (Å²) in [6, 6.07) is 0. The number of hydrogen-bond acceptors (Lipinski definition) is 4. The van der Waals surface area contributed by atoms with Crippen LogP contribution in [0.2, 0.25) is 0 Å². The van der Waals surface area contributed by atoms with Crippen LogP contribution in [0.5, 0.6) is 0 Å². The van der Waals surface area contributed by atoms with Crippen LogP contribution in [0.4, 0.5) is 0 Å². The van der Waals surface area contributed by atoms with Crippen molar-refractivity contribution < 1.29 is 39.5 Å². The van der Waals surface area contributed by atoms with E-state index in [4.69, 9.17) is 15.6 Å². The third kappa shape index (κ3) is 39.3. The normalized spacial score (nSPS) is 9.70. The van der Waals surface area contributed by atoms with Gasteiger partial charge in [-0.05, 0) is 19.9 Å². The molecule has 0 rings (SSSR count). The minimum atomic E-state index is -1.08. The third-order valence-corrected chi connectivity index (χ3v) is 3.53. The minimum Gasteiger partial charge on any atom is -0.550 e. The van der Waals surface area contributed by atoms with Crippen molar-refractivity contribution in [3.63, 3.8) is 0 Å². The molecule has 0 aromatic heterocycles. The quantitative estimate of drug-likeness (QED) is 0.325. The largest absolute Gasteiger partial charge is 1.00 e. The molecule has 0 amide bonds. The molecule has 134 valence electrons. The molecule has 0 aromatic carbocycles. The summed E-state index contributed by atoms with van der Waals surface area (Å²) in [5.74, 6) is -1.08. The van der Waals surface area contributed by atoms with E-state index in [1.54, 1.807) is 0 Å². The van der Waals surface area contributed by atoms with Crippen LogP contribution in [0.3, 0.4) is 0 Å². The average Bonchev–Trinajstić information content (AvgIpc) is 2.47. The molecule has 0 saturated heterocycles. The van der Waals surface area contributed by atoms with E-state index in [-0.39, 0.29) is 29.6 Å². The number of nitrogens with one attached hydrogen (secondary N) is 1. The first-order chi connectivity index (χ1) is 10.6. The van der Waals surface area contributed by atoms with Gasteiger partial charge in [0.05, 0.1) is 0 Å². The van der Waals surface area contributed by atoms with Gasteiger partial charge < -0.3 is 21.0 Å². The predicted molar refractivity (Wildman–Crippen MR) is 93.7 cm³/mol. The molecule has 0 heterocycles. The number of carbonyl (C=O) groups excluding carboxylic acids is 1. The van der Waals surface area contributed by atoms with E-state index < -0.39 is 5.97 Å². The number of rotatable bonds is 15. The Morgan fingerprint density at radius 3 is 1.52 bits per heavy atom. The maximum Gasteiger partial charge on any atom is 1.00 e. The van der Waals surface area contributed by atoms with Gasteiger partial charge in [-0.25, -0.2) is 0 Å². The van der Waals surface area contributed by atoms with Gasteiger partial charge in [-0.1, -0.05) is 77.6 Å². The number of unbranched alkanes of at least 4 members (excludes halogenated alkanes) is 11. The molecule has 0 spiro atoms. The number of nitrogens with two attached hydrogens (primary N) is 1. The Bertz CT molecular complexity index is 197. The van der Waals surface area contributed by atoms with Crippen LogP contribution in [0.1, 0.15) is 90.9 Å². The summed E-state index contributed by atoms with van der Waals surface area (Å²) in [4.78, 5) is 8.89. The standard InChI is InChI=1S/C16H36N2.C2H4O2.Na/c1-2-3-4-5-6-7-8-9-10-11-12-13-15-18-16-14-17;1-2(3)4;/h18H,2-17H2,1H3;1H3,(H,3,4);/q;;+1/p-1. The van der Waals surface area contributed by atoms with E-state index in [0.717, 1.165) is 26.6 Å². The molecule has 0 bridgehead atoms. The van der Waals surface area contributed by atoms with Gasteiger partial charge in [-0.15, -0.1) is 0 Å². The van der Waals surface area contributed by atoms with E-state index in [1.165, 1.54) is 77.0 Å². The molecule has 0 fully saturated rings. The maximum atomic E-state index is 8.89. The zero-order valence-corrected chi connectivity index (χ0v) is 18.0. The van der Waals surface area contributed by atoms with Gasteiger partial charge in [-0.2, -0.15) is 0 Å². The van der Waals surface area contributed by atoms with Gasteiger partial charge in [0.1, 0.15) is 0 Å². The molecule has 0 aliphatic carbocycles. The molecule has 5 heteroatoms. The molecule has 0 unspecified atom stereocenters. The van der Waals surface area contributed by atoms with Crippen molar-refractivity contribution in [2.24, 2.45) is 5.73 Å². The van der Waals surface area contributed by atoms with Gasteiger partial charge >= 0.3 is 29.6 Å². The molecule has 0 radical (unpaired) electrons. The Labute approximate surface area is 166 Å². The summed E-state index contributed by atoms with van der Waals surface area (Å²) in [6.45, 7) is 6.14.